The standard InChI is InChI=1S/C12H14FIN4O/c1-7(2)15-6-11-17-18-12(19-11)16-10-4-3-8(13)5-9(10)14/h3-5,7,15H,6H2,1-2H3,(H,16,18). The zero-order chi connectivity index (χ0) is 13.8. The Morgan fingerprint density at radius 3 is 2.84 bits per heavy atom. The first-order chi connectivity index (χ1) is 9.04. The van der Waals surface area contributed by atoms with E-state index < -0.39 is 0 Å². The highest BCUT2D eigenvalue weighted by atomic mass is 127. The molecule has 0 saturated heterocycles. The van der Waals surface area contributed by atoms with Crippen LogP contribution in [-0.2, 0) is 6.54 Å². The normalized spacial score (nSPS) is 11.0. The minimum atomic E-state index is -0.276. The van der Waals surface area contributed by atoms with Crippen molar-refractivity contribution in [2.75, 3.05) is 5.32 Å². The van der Waals surface area contributed by atoms with Crippen LogP contribution in [0, 0.1) is 9.39 Å². The van der Waals surface area contributed by atoms with Gasteiger partial charge in [-0.3, -0.25) is 0 Å². The van der Waals surface area contributed by atoms with Gasteiger partial charge in [0.25, 0.3) is 0 Å². The maximum Gasteiger partial charge on any atom is 0.320 e. The van der Waals surface area contributed by atoms with Crippen LogP contribution in [0.3, 0.4) is 0 Å². The second-order valence-electron chi connectivity index (χ2n) is 4.29. The Morgan fingerprint density at radius 1 is 1.37 bits per heavy atom. The van der Waals surface area contributed by atoms with Crippen molar-refractivity contribution in [3.63, 3.8) is 0 Å². The molecule has 0 radical (unpaired) electrons. The zero-order valence-corrected chi connectivity index (χ0v) is 12.7. The predicted octanol–water partition coefficient (Wildman–Crippen LogP) is 3.05. The third-order valence-corrected chi connectivity index (χ3v) is 3.19. The Kier molecular flexibility index (Phi) is 4.70. The van der Waals surface area contributed by atoms with Gasteiger partial charge in [-0.05, 0) is 40.8 Å². The van der Waals surface area contributed by atoms with Crippen LogP contribution >= 0.6 is 22.6 Å². The number of aromatic nitrogens is 2. The average molecular weight is 376 g/mol. The van der Waals surface area contributed by atoms with Gasteiger partial charge in [0.2, 0.25) is 5.89 Å². The molecule has 2 rings (SSSR count). The summed E-state index contributed by atoms with van der Waals surface area (Å²) in [6, 6.07) is 5.09. The van der Waals surface area contributed by atoms with Gasteiger partial charge in [-0.25, -0.2) is 4.39 Å². The molecule has 102 valence electrons. The number of hydrogen-bond donors (Lipinski definition) is 2. The molecule has 5 nitrogen and oxygen atoms in total. The number of nitrogens with zero attached hydrogens (tertiary/aromatic N) is 2. The molecule has 0 saturated carbocycles. The predicted molar refractivity (Wildman–Crippen MR) is 78.7 cm³/mol. The maximum atomic E-state index is 13.0. The molecule has 0 amide bonds. The molecule has 1 aromatic carbocycles. The van der Waals surface area contributed by atoms with Crippen molar-refractivity contribution in [3.05, 3.63) is 33.5 Å². The molecule has 2 aromatic rings. The van der Waals surface area contributed by atoms with E-state index in [1.807, 2.05) is 36.4 Å². The van der Waals surface area contributed by atoms with Gasteiger partial charge in [0.1, 0.15) is 5.82 Å². The van der Waals surface area contributed by atoms with Crippen molar-refractivity contribution in [2.24, 2.45) is 0 Å². The van der Waals surface area contributed by atoms with E-state index in [0.717, 1.165) is 9.26 Å². The van der Waals surface area contributed by atoms with Gasteiger partial charge in [-0.1, -0.05) is 18.9 Å². The lowest BCUT2D eigenvalue weighted by atomic mass is 10.3. The summed E-state index contributed by atoms with van der Waals surface area (Å²) in [6.45, 7) is 4.60. The molecule has 0 bridgehead atoms. The molecule has 0 aliphatic heterocycles. The highest BCUT2D eigenvalue weighted by Gasteiger charge is 2.08. The summed E-state index contributed by atoms with van der Waals surface area (Å²) in [4.78, 5) is 0. The van der Waals surface area contributed by atoms with Gasteiger partial charge in [0.05, 0.1) is 12.2 Å². The van der Waals surface area contributed by atoms with Crippen LogP contribution in [-0.4, -0.2) is 16.2 Å². The number of halogens is 2. The Morgan fingerprint density at radius 2 is 2.16 bits per heavy atom. The summed E-state index contributed by atoms with van der Waals surface area (Å²) >= 11 is 2.04. The van der Waals surface area contributed by atoms with Crippen molar-refractivity contribution in [1.82, 2.24) is 15.5 Å². The number of hydrogen-bond acceptors (Lipinski definition) is 5. The molecule has 7 heteroatoms. The van der Waals surface area contributed by atoms with Crippen molar-refractivity contribution < 1.29 is 8.81 Å². The third-order valence-electron chi connectivity index (χ3n) is 2.30. The van der Waals surface area contributed by atoms with Gasteiger partial charge < -0.3 is 15.1 Å². The smallest absolute Gasteiger partial charge is 0.320 e. The molecule has 0 atom stereocenters. The summed E-state index contributed by atoms with van der Waals surface area (Å²) < 4.78 is 19.2. The fourth-order valence-corrected chi connectivity index (χ4v) is 1.99. The number of benzene rings is 1. The molecule has 19 heavy (non-hydrogen) atoms. The molecule has 0 spiro atoms. The lowest BCUT2D eigenvalue weighted by Crippen LogP contribution is -2.21. The number of nitrogens with one attached hydrogen (secondary N) is 2. The van der Waals surface area contributed by atoms with E-state index in [4.69, 9.17) is 4.42 Å². The Labute approximate surface area is 124 Å². The first-order valence-electron chi connectivity index (χ1n) is 5.82. The molecule has 1 heterocycles. The third kappa shape index (κ3) is 4.13. The SMILES string of the molecule is CC(C)NCc1nnc(Nc2ccc(F)cc2I)o1. The zero-order valence-electron chi connectivity index (χ0n) is 10.6. The summed E-state index contributed by atoms with van der Waals surface area (Å²) in [5.74, 6) is 0.232. The van der Waals surface area contributed by atoms with Crippen LogP contribution in [0.15, 0.2) is 22.6 Å². The molecule has 2 N–H and O–H groups in total. The largest absolute Gasteiger partial charge is 0.406 e. The minimum Gasteiger partial charge on any atom is -0.406 e. The van der Waals surface area contributed by atoms with Crippen LogP contribution in [0.2, 0.25) is 0 Å². The second kappa shape index (κ2) is 6.29. The van der Waals surface area contributed by atoms with Crippen molar-refractivity contribution >= 4 is 34.3 Å². The van der Waals surface area contributed by atoms with E-state index in [2.05, 4.69) is 20.8 Å². The van der Waals surface area contributed by atoms with Gasteiger partial charge in [-0.2, -0.15) is 0 Å². The first kappa shape index (κ1) is 14.2. The summed E-state index contributed by atoms with van der Waals surface area (Å²) in [7, 11) is 0. The van der Waals surface area contributed by atoms with Gasteiger partial charge in [0, 0.05) is 9.61 Å². The van der Waals surface area contributed by atoms with Crippen molar-refractivity contribution in [2.45, 2.75) is 26.4 Å². The topological polar surface area (TPSA) is 63.0 Å². The van der Waals surface area contributed by atoms with Gasteiger partial charge in [0.15, 0.2) is 0 Å². The van der Waals surface area contributed by atoms with Crippen LogP contribution in [0.1, 0.15) is 19.7 Å². The van der Waals surface area contributed by atoms with E-state index in [0.29, 0.717) is 24.5 Å². The lowest BCUT2D eigenvalue weighted by Gasteiger charge is -2.04. The van der Waals surface area contributed by atoms with Gasteiger partial charge >= 0.3 is 6.01 Å². The quantitative estimate of drug-likeness (QED) is 0.786. The Balaban J connectivity index is 2.03. The van der Waals surface area contributed by atoms with Crippen molar-refractivity contribution in [3.8, 4) is 0 Å². The van der Waals surface area contributed by atoms with E-state index in [9.17, 15) is 4.39 Å². The summed E-state index contributed by atoms with van der Waals surface area (Å²) in [5, 5.41) is 13.9. The van der Waals surface area contributed by atoms with Crippen LogP contribution < -0.4 is 10.6 Å². The highest BCUT2D eigenvalue weighted by molar-refractivity contribution is 14.1. The molecule has 0 unspecified atom stereocenters. The molecule has 0 aliphatic carbocycles. The van der Waals surface area contributed by atoms with Crippen LogP contribution in [0.5, 0.6) is 0 Å². The first-order valence-corrected chi connectivity index (χ1v) is 6.90. The summed E-state index contributed by atoms with van der Waals surface area (Å²) in [6.07, 6.45) is 0. The molecule has 0 aliphatic rings. The highest BCUT2D eigenvalue weighted by Crippen LogP contribution is 2.22. The second-order valence-corrected chi connectivity index (χ2v) is 5.45. The summed E-state index contributed by atoms with van der Waals surface area (Å²) in [5.41, 5.74) is 0.731. The molecular weight excluding hydrogens is 362 g/mol. The molecular formula is C12H14FIN4O. The van der Waals surface area contributed by atoms with Crippen molar-refractivity contribution in [1.29, 1.82) is 0 Å². The van der Waals surface area contributed by atoms with E-state index in [1.54, 1.807) is 6.07 Å². The van der Waals surface area contributed by atoms with Gasteiger partial charge in [-0.15, -0.1) is 5.10 Å². The monoisotopic (exact) mass is 376 g/mol. The average Bonchev–Trinajstić information content (AvgIpc) is 2.78. The fourth-order valence-electron chi connectivity index (χ4n) is 1.37. The lowest BCUT2D eigenvalue weighted by molar-refractivity contribution is 0.460. The molecule has 1 aromatic heterocycles. The van der Waals surface area contributed by atoms with Crippen LogP contribution in [0.4, 0.5) is 16.1 Å². The number of rotatable bonds is 5. The fraction of sp³-hybridized carbons (Fsp3) is 0.333. The van der Waals surface area contributed by atoms with E-state index >= 15 is 0 Å². The maximum absolute atomic E-state index is 13.0. The minimum absolute atomic E-state index is 0.276. The Bertz CT molecular complexity index is 558. The van der Waals surface area contributed by atoms with Crippen LogP contribution in [0.25, 0.3) is 0 Å². The van der Waals surface area contributed by atoms with E-state index in [1.165, 1.54) is 12.1 Å². The molecule has 0 fully saturated rings. The van der Waals surface area contributed by atoms with E-state index in [-0.39, 0.29) is 5.82 Å². The number of anilines is 2. The Hall–Kier alpha value is -1.22.